The fourth-order valence-corrected chi connectivity index (χ4v) is 2.20. The topological polar surface area (TPSA) is 37.3 Å². The first-order chi connectivity index (χ1) is 8.05. The van der Waals surface area contributed by atoms with Gasteiger partial charge in [0, 0.05) is 5.92 Å². The number of hydrogen-bond donors (Lipinski definition) is 1. The summed E-state index contributed by atoms with van der Waals surface area (Å²) in [6.45, 7) is 3.74. The van der Waals surface area contributed by atoms with Gasteiger partial charge in [-0.15, -0.1) is 0 Å². The Balaban J connectivity index is 2.42. The zero-order chi connectivity index (χ0) is 12.5. The van der Waals surface area contributed by atoms with Crippen LogP contribution in [-0.2, 0) is 4.79 Å². The normalized spacial score (nSPS) is 27.6. The third kappa shape index (κ3) is 1.91. The van der Waals surface area contributed by atoms with Crippen LogP contribution in [0.2, 0.25) is 0 Å². The van der Waals surface area contributed by atoms with Gasteiger partial charge in [0.1, 0.15) is 0 Å². The van der Waals surface area contributed by atoms with Crippen molar-refractivity contribution in [2.75, 3.05) is 0 Å². The van der Waals surface area contributed by atoms with E-state index >= 15 is 0 Å². The van der Waals surface area contributed by atoms with E-state index in [2.05, 4.69) is 0 Å². The van der Waals surface area contributed by atoms with Gasteiger partial charge in [0.15, 0.2) is 0 Å². The first kappa shape index (κ1) is 11.6. The van der Waals surface area contributed by atoms with E-state index in [1.54, 1.807) is 13.0 Å². The van der Waals surface area contributed by atoms with Gasteiger partial charge in [-0.2, -0.15) is 0 Å². The molecule has 2 nitrogen and oxygen atoms in total. The predicted molar refractivity (Wildman–Crippen MR) is 68.5 cm³/mol. The van der Waals surface area contributed by atoms with E-state index < -0.39 is 11.4 Å². The largest absolute Gasteiger partial charge is 0.481 e. The second-order valence-electron chi connectivity index (χ2n) is 4.66. The highest BCUT2D eigenvalue weighted by atomic mass is 16.4. The molecular formula is C15H16O2. The highest BCUT2D eigenvalue weighted by molar-refractivity contribution is 5.84. The van der Waals surface area contributed by atoms with E-state index in [-0.39, 0.29) is 5.92 Å². The molecule has 2 rings (SSSR count). The summed E-state index contributed by atoms with van der Waals surface area (Å²) < 4.78 is 0. The fourth-order valence-electron chi connectivity index (χ4n) is 2.20. The van der Waals surface area contributed by atoms with Gasteiger partial charge < -0.3 is 5.11 Å². The maximum atomic E-state index is 11.4. The van der Waals surface area contributed by atoms with Crippen LogP contribution in [0.3, 0.4) is 0 Å². The van der Waals surface area contributed by atoms with Gasteiger partial charge in [-0.25, -0.2) is 0 Å². The summed E-state index contributed by atoms with van der Waals surface area (Å²) in [6, 6.07) is 9.94. The SMILES string of the molecule is CC1C(c2ccccc2)=CC=CC1(C)C(=O)O. The van der Waals surface area contributed by atoms with Crippen molar-refractivity contribution in [3.05, 3.63) is 54.1 Å². The smallest absolute Gasteiger partial charge is 0.313 e. The van der Waals surface area contributed by atoms with Gasteiger partial charge in [0.25, 0.3) is 0 Å². The molecule has 0 heterocycles. The van der Waals surface area contributed by atoms with Crippen LogP contribution in [0.25, 0.3) is 5.57 Å². The summed E-state index contributed by atoms with van der Waals surface area (Å²) in [6.07, 6.45) is 5.62. The summed E-state index contributed by atoms with van der Waals surface area (Å²) >= 11 is 0. The molecule has 0 bridgehead atoms. The number of rotatable bonds is 2. The Hall–Kier alpha value is -1.83. The molecule has 2 unspecified atom stereocenters. The Morgan fingerprint density at radius 2 is 1.94 bits per heavy atom. The Bertz CT molecular complexity index is 485. The highest BCUT2D eigenvalue weighted by Crippen LogP contribution is 2.41. The van der Waals surface area contributed by atoms with Crippen LogP contribution in [0.4, 0.5) is 0 Å². The minimum atomic E-state index is -0.820. The molecule has 17 heavy (non-hydrogen) atoms. The van der Waals surface area contributed by atoms with E-state index in [9.17, 15) is 9.90 Å². The molecule has 1 N–H and O–H groups in total. The Morgan fingerprint density at radius 3 is 2.53 bits per heavy atom. The molecule has 1 aromatic carbocycles. The molecule has 2 atom stereocenters. The van der Waals surface area contributed by atoms with Crippen molar-refractivity contribution >= 4 is 11.5 Å². The monoisotopic (exact) mass is 228 g/mol. The van der Waals surface area contributed by atoms with E-state index in [0.717, 1.165) is 11.1 Å². The molecule has 0 aliphatic heterocycles. The lowest BCUT2D eigenvalue weighted by atomic mass is 9.70. The molecule has 0 fully saturated rings. The van der Waals surface area contributed by atoms with Crippen molar-refractivity contribution in [3.63, 3.8) is 0 Å². The Kier molecular flexibility index (Phi) is 2.88. The molecule has 0 saturated heterocycles. The highest BCUT2D eigenvalue weighted by Gasteiger charge is 2.39. The lowest BCUT2D eigenvalue weighted by Crippen LogP contribution is -2.34. The molecule has 1 aliphatic rings. The van der Waals surface area contributed by atoms with Crippen LogP contribution in [0.1, 0.15) is 19.4 Å². The van der Waals surface area contributed by atoms with Gasteiger partial charge in [-0.3, -0.25) is 4.79 Å². The zero-order valence-corrected chi connectivity index (χ0v) is 10.1. The van der Waals surface area contributed by atoms with Gasteiger partial charge >= 0.3 is 5.97 Å². The minimum Gasteiger partial charge on any atom is -0.481 e. The van der Waals surface area contributed by atoms with Crippen molar-refractivity contribution in [2.45, 2.75) is 13.8 Å². The van der Waals surface area contributed by atoms with E-state index in [1.807, 2.05) is 49.4 Å². The van der Waals surface area contributed by atoms with Gasteiger partial charge in [0.05, 0.1) is 5.41 Å². The van der Waals surface area contributed by atoms with Crippen LogP contribution in [0, 0.1) is 11.3 Å². The summed E-state index contributed by atoms with van der Waals surface area (Å²) in [7, 11) is 0. The second-order valence-corrected chi connectivity index (χ2v) is 4.66. The number of allylic oxidation sites excluding steroid dienone is 3. The molecule has 0 radical (unpaired) electrons. The quantitative estimate of drug-likeness (QED) is 0.842. The maximum absolute atomic E-state index is 11.4. The summed E-state index contributed by atoms with van der Waals surface area (Å²) in [5.41, 5.74) is 1.36. The minimum absolute atomic E-state index is 0.0348. The van der Waals surface area contributed by atoms with Crippen molar-refractivity contribution in [2.24, 2.45) is 11.3 Å². The Morgan fingerprint density at radius 1 is 1.29 bits per heavy atom. The molecule has 0 amide bonds. The molecule has 88 valence electrons. The van der Waals surface area contributed by atoms with Crippen LogP contribution in [0.15, 0.2) is 48.6 Å². The van der Waals surface area contributed by atoms with E-state index in [0.29, 0.717) is 0 Å². The number of hydrogen-bond acceptors (Lipinski definition) is 1. The lowest BCUT2D eigenvalue weighted by molar-refractivity contribution is -0.146. The van der Waals surface area contributed by atoms with Crippen molar-refractivity contribution in [1.29, 1.82) is 0 Å². The number of carboxylic acids is 1. The molecule has 0 aromatic heterocycles. The maximum Gasteiger partial charge on any atom is 0.313 e. The van der Waals surface area contributed by atoms with Crippen LogP contribution < -0.4 is 0 Å². The van der Waals surface area contributed by atoms with Crippen molar-refractivity contribution < 1.29 is 9.90 Å². The third-order valence-corrected chi connectivity index (χ3v) is 3.65. The van der Waals surface area contributed by atoms with Gasteiger partial charge in [-0.05, 0) is 18.1 Å². The van der Waals surface area contributed by atoms with E-state index in [1.165, 1.54) is 0 Å². The number of aliphatic carboxylic acids is 1. The second kappa shape index (κ2) is 4.21. The first-order valence-electron chi connectivity index (χ1n) is 5.74. The Labute approximate surface area is 101 Å². The molecular weight excluding hydrogens is 212 g/mol. The molecule has 1 aliphatic carbocycles. The zero-order valence-electron chi connectivity index (χ0n) is 10.1. The summed E-state index contributed by atoms with van der Waals surface area (Å²) in [4.78, 5) is 11.4. The predicted octanol–water partition coefficient (Wildman–Crippen LogP) is 3.37. The standard InChI is InChI=1S/C15H16O2/c1-11-13(12-7-4-3-5-8-12)9-6-10-15(11,2)14(16)17/h3-11H,1-2H3,(H,16,17). The summed E-state index contributed by atoms with van der Waals surface area (Å²) in [5.74, 6) is -0.810. The van der Waals surface area contributed by atoms with E-state index in [4.69, 9.17) is 0 Å². The lowest BCUT2D eigenvalue weighted by Gasteiger charge is -2.33. The van der Waals surface area contributed by atoms with Crippen LogP contribution >= 0.6 is 0 Å². The van der Waals surface area contributed by atoms with Crippen molar-refractivity contribution in [1.82, 2.24) is 0 Å². The third-order valence-electron chi connectivity index (χ3n) is 3.65. The fraction of sp³-hybridized carbons (Fsp3) is 0.267. The van der Waals surface area contributed by atoms with Crippen molar-refractivity contribution in [3.8, 4) is 0 Å². The average molecular weight is 228 g/mol. The molecule has 0 spiro atoms. The molecule has 0 saturated carbocycles. The molecule has 1 aromatic rings. The summed E-state index contributed by atoms with van der Waals surface area (Å²) in [5, 5.41) is 9.35. The van der Waals surface area contributed by atoms with Gasteiger partial charge in [0.2, 0.25) is 0 Å². The average Bonchev–Trinajstić information content (AvgIpc) is 2.33. The number of benzene rings is 1. The van der Waals surface area contributed by atoms with Gasteiger partial charge in [-0.1, -0.05) is 55.5 Å². The van der Waals surface area contributed by atoms with Crippen LogP contribution in [0.5, 0.6) is 0 Å². The van der Waals surface area contributed by atoms with Crippen LogP contribution in [-0.4, -0.2) is 11.1 Å². The number of carboxylic acid groups (broad SMARTS) is 1. The number of carbonyl (C=O) groups is 1. The molecule has 2 heteroatoms. The first-order valence-corrected chi connectivity index (χ1v) is 5.74.